The van der Waals surface area contributed by atoms with Crippen molar-refractivity contribution in [1.29, 1.82) is 0 Å². The summed E-state index contributed by atoms with van der Waals surface area (Å²) in [5, 5.41) is 36.6. The van der Waals surface area contributed by atoms with Crippen LogP contribution in [0.25, 0.3) is 0 Å². The Bertz CT molecular complexity index is 2330. The summed E-state index contributed by atoms with van der Waals surface area (Å²) < 4.78 is 59.8. The van der Waals surface area contributed by atoms with Gasteiger partial charge in [0.15, 0.2) is 10.8 Å². The van der Waals surface area contributed by atoms with Crippen molar-refractivity contribution in [3.63, 3.8) is 0 Å². The predicted molar refractivity (Wildman–Crippen MR) is 366 cm³/mol. The maximum absolute atomic E-state index is 14.4. The van der Waals surface area contributed by atoms with Crippen molar-refractivity contribution in [1.82, 2.24) is 20.3 Å². The summed E-state index contributed by atoms with van der Waals surface area (Å²) in [7, 11) is 1.68. The number of carbonyl (C=O) groups excluding carboxylic acids is 6. The van der Waals surface area contributed by atoms with E-state index in [0.717, 1.165) is 12.8 Å². The summed E-state index contributed by atoms with van der Waals surface area (Å²) >= 11 is 0. The van der Waals surface area contributed by atoms with Crippen LogP contribution in [0.15, 0.2) is 0 Å². The minimum Gasteiger partial charge on any atom is -0.466 e. The fourth-order valence-electron chi connectivity index (χ4n) is 15.8. The summed E-state index contributed by atoms with van der Waals surface area (Å²) in [5.74, 6) is -4.28. The van der Waals surface area contributed by atoms with Crippen molar-refractivity contribution in [3.8, 4) is 0 Å². The van der Waals surface area contributed by atoms with Gasteiger partial charge in [0.2, 0.25) is 0 Å². The van der Waals surface area contributed by atoms with E-state index in [1.807, 2.05) is 102 Å². The lowest BCUT2D eigenvalue weighted by Gasteiger charge is -2.53. The number of hydroxylamine groups is 8. The average Bonchev–Trinajstić information content (AvgIpc) is 0.814. The maximum atomic E-state index is 14.4. The molecule has 4 aliphatic rings. The molecule has 2 atom stereocenters. The second-order valence-corrected chi connectivity index (χ2v) is 33.0. The fraction of sp³-hybridized carbons (Fsp3) is 0.918. The molecule has 97 heavy (non-hydrogen) atoms. The standard InChI is InChI=1S/C73H132N4O20/c1-20-22-32-72(60(80)94-42-26-38-88-54-46-64(3,4)74(84)65(5,6)47-54,61(81)95-43-27-39-89-55-48-66(7,8)75(85)67(9,10)49-55)34-24-36-92-58(78)30-31-59(79)93-37-25-35-73(33-23-21-2,62(82)96-44-28-40-90-56-50-68(11,12)76(86)69(13,14)51-56)63(83)97-45-29-41-91-57-52-70(15,16)77(87-19)71(17,18)53-57/h54-57,84-86H,20-53H2,1-19H3/p+1. The van der Waals surface area contributed by atoms with E-state index in [2.05, 4.69) is 27.7 Å². The van der Waals surface area contributed by atoms with E-state index in [-0.39, 0.29) is 127 Å². The number of hydrogen-bond donors (Lipinski definition) is 2. The Balaban J connectivity index is 1.35. The van der Waals surface area contributed by atoms with Crippen molar-refractivity contribution >= 4 is 35.8 Å². The third-order valence-electron chi connectivity index (χ3n) is 20.1. The molecule has 2 unspecified atom stereocenters. The lowest BCUT2D eigenvalue weighted by atomic mass is 9.78. The fourth-order valence-corrected chi connectivity index (χ4v) is 15.8. The number of rotatable bonds is 42. The Morgan fingerprint density at radius 1 is 0.361 bits per heavy atom. The first-order valence-electron chi connectivity index (χ1n) is 36.4. The first-order chi connectivity index (χ1) is 45.1. The molecular formula is C73H133N4O20+. The molecule has 4 rings (SSSR count). The molecule has 24 heteroatoms. The largest absolute Gasteiger partial charge is 0.466 e. The zero-order chi connectivity index (χ0) is 72.9. The molecular weight excluding hydrogens is 1250 g/mol. The second-order valence-electron chi connectivity index (χ2n) is 33.0. The second kappa shape index (κ2) is 37.5. The van der Waals surface area contributed by atoms with E-state index in [0.29, 0.717) is 116 Å². The van der Waals surface area contributed by atoms with Crippen molar-refractivity contribution < 1.29 is 96.6 Å². The van der Waals surface area contributed by atoms with Gasteiger partial charge in [-0.15, -0.1) is 0 Å². The van der Waals surface area contributed by atoms with Crippen LogP contribution in [0, 0.1) is 10.8 Å². The molecule has 4 fully saturated rings. The van der Waals surface area contributed by atoms with Crippen LogP contribution in [-0.4, -0.2) is 214 Å². The molecule has 4 N–H and O–H groups in total. The Morgan fingerprint density at radius 2 is 0.598 bits per heavy atom. The van der Waals surface area contributed by atoms with Gasteiger partial charge in [0.1, 0.15) is 0 Å². The lowest BCUT2D eigenvalue weighted by molar-refractivity contribution is -0.280. The zero-order valence-corrected chi connectivity index (χ0v) is 63.5. The SMILES string of the molecule is CCCCC(CCCOC(=O)CCC(=O)OCCCC(CCCC)(C(=O)OCCCOC1CC(C)(C)N(O)C(C)(C)C1)C(=O)OCCCOC1CC(C)(C)N(OC)C(C)(C)C1)(C(=O)OCCCOC1CC(C)(C)N(O)C(C)(C)C1)C(=O)OCCCOC1CC(C)(C)N([OH2+])C(C)(C)C1. The summed E-state index contributed by atoms with van der Waals surface area (Å²) in [6, 6.07) is 0. The lowest BCUT2D eigenvalue weighted by Crippen LogP contribution is -2.61. The topological polar surface area (TPSA) is 280 Å². The number of ether oxygens (including phenoxy) is 10. The number of unbranched alkanes of at least 4 members (excludes halogenated alkanes) is 2. The number of hydrogen-bond acceptors (Lipinski definition) is 23. The van der Waals surface area contributed by atoms with Gasteiger partial charge < -0.3 is 67.8 Å². The van der Waals surface area contributed by atoms with Crippen molar-refractivity contribution in [3.05, 3.63) is 0 Å². The Hall–Kier alpha value is -3.66. The van der Waals surface area contributed by atoms with Crippen LogP contribution in [0.5, 0.6) is 0 Å². The van der Waals surface area contributed by atoms with E-state index in [4.69, 9.17) is 57.4 Å². The van der Waals surface area contributed by atoms with Gasteiger partial charge >= 0.3 is 35.8 Å². The third-order valence-corrected chi connectivity index (χ3v) is 20.1. The highest BCUT2D eigenvalue weighted by atomic mass is 16.7. The molecule has 564 valence electrons. The Labute approximate surface area is 581 Å². The minimum atomic E-state index is -1.70. The van der Waals surface area contributed by atoms with E-state index in [9.17, 15) is 39.2 Å². The van der Waals surface area contributed by atoms with Crippen LogP contribution >= 0.6 is 0 Å². The molecule has 0 spiro atoms. The van der Waals surface area contributed by atoms with Gasteiger partial charge in [-0.05, 0) is 201 Å². The molecule has 0 aromatic heterocycles. The van der Waals surface area contributed by atoms with E-state index < -0.39 is 79.9 Å². The smallest absolute Gasteiger partial charge is 0.323 e. The third kappa shape index (κ3) is 25.1. The van der Waals surface area contributed by atoms with Gasteiger partial charge in [0, 0.05) is 58.9 Å². The van der Waals surface area contributed by atoms with E-state index in [1.54, 1.807) is 12.2 Å². The van der Waals surface area contributed by atoms with Gasteiger partial charge in [-0.3, -0.25) is 28.8 Å². The number of nitrogens with zero attached hydrogens (tertiary/aromatic N) is 4. The van der Waals surface area contributed by atoms with Gasteiger partial charge in [-0.2, -0.15) is 15.2 Å². The van der Waals surface area contributed by atoms with Gasteiger partial charge in [-0.25, -0.2) is 0 Å². The number of esters is 6. The van der Waals surface area contributed by atoms with Crippen LogP contribution in [0.3, 0.4) is 0 Å². The molecule has 0 radical (unpaired) electrons. The molecule has 0 aromatic rings. The Kier molecular flexibility index (Phi) is 33.1. The molecule has 0 amide bonds. The number of piperidine rings is 4. The summed E-state index contributed by atoms with van der Waals surface area (Å²) in [5.41, 5.74) is -6.74. The highest BCUT2D eigenvalue weighted by Gasteiger charge is 2.53. The quantitative estimate of drug-likeness (QED) is 0.0189. The number of carbonyl (C=O) groups is 6. The monoisotopic (exact) mass is 1390 g/mol. The minimum absolute atomic E-state index is 0.00598. The highest BCUT2D eigenvalue weighted by Crippen LogP contribution is 2.43. The normalized spacial score (nSPS) is 22.6. The van der Waals surface area contributed by atoms with Gasteiger partial charge in [0.25, 0.3) is 0 Å². The molecule has 0 aliphatic carbocycles. The van der Waals surface area contributed by atoms with Crippen LogP contribution in [-0.2, 0) is 81.0 Å². The van der Waals surface area contributed by atoms with Crippen molar-refractivity contribution in [2.45, 2.75) is 347 Å². The van der Waals surface area contributed by atoms with Crippen LogP contribution in [0.2, 0.25) is 0 Å². The first-order valence-corrected chi connectivity index (χ1v) is 36.4. The molecule has 0 aromatic carbocycles. The van der Waals surface area contributed by atoms with Crippen LogP contribution < -0.4 is 0 Å². The average molecular weight is 1390 g/mol. The van der Waals surface area contributed by atoms with E-state index in [1.165, 1.54) is 10.1 Å². The molecule has 4 heterocycles. The van der Waals surface area contributed by atoms with Gasteiger partial charge in [-0.1, -0.05) is 44.6 Å². The molecule has 24 nitrogen and oxygen atoms in total. The summed E-state index contributed by atoms with van der Waals surface area (Å²) in [6.45, 7) is 37.1. The van der Waals surface area contributed by atoms with Gasteiger partial charge in [0.05, 0.1) is 122 Å². The maximum Gasteiger partial charge on any atom is 0.323 e. The van der Waals surface area contributed by atoms with Crippen molar-refractivity contribution in [2.24, 2.45) is 10.8 Å². The molecule has 4 aliphatic heterocycles. The molecule has 0 bridgehead atoms. The summed E-state index contributed by atoms with van der Waals surface area (Å²) in [4.78, 5) is 89.6. The van der Waals surface area contributed by atoms with Crippen LogP contribution in [0.1, 0.15) is 279 Å². The molecule has 0 saturated carbocycles. The Morgan fingerprint density at radius 3 is 0.856 bits per heavy atom. The van der Waals surface area contributed by atoms with Crippen LogP contribution in [0.4, 0.5) is 0 Å². The zero-order valence-electron chi connectivity index (χ0n) is 63.5. The first kappa shape index (κ1) is 85.8. The van der Waals surface area contributed by atoms with E-state index >= 15 is 0 Å². The van der Waals surface area contributed by atoms with Crippen molar-refractivity contribution in [2.75, 3.05) is 73.2 Å². The molecule has 4 saturated heterocycles. The predicted octanol–water partition coefficient (Wildman–Crippen LogP) is 11.6. The summed E-state index contributed by atoms with van der Waals surface area (Å²) in [6.07, 6.45) is 8.55. The highest BCUT2D eigenvalue weighted by molar-refractivity contribution is 6.00.